The molecule has 2 unspecified atom stereocenters. The number of likely N-dealkylation sites (tertiary alicyclic amines) is 1. The van der Waals surface area contributed by atoms with E-state index in [9.17, 15) is 4.39 Å². The number of anilines is 1. The zero-order valence-electron chi connectivity index (χ0n) is 13.4. The Labute approximate surface area is 152 Å². The van der Waals surface area contributed by atoms with Gasteiger partial charge in [0.05, 0.1) is 5.69 Å². The van der Waals surface area contributed by atoms with Crippen LogP contribution in [-0.4, -0.2) is 40.0 Å². The average Bonchev–Trinajstić information content (AvgIpc) is 3.29. The molecule has 25 heavy (non-hydrogen) atoms. The number of oxazole rings is 1. The van der Waals surface area contributed by atoms with Crippen LogP contribution in [0.25, 0.3) is 11.1 Å². The van der Waals surface area contributed by atoms with Crippen molar-refractivity contribution in [3.63, 3.8) is 0 Å². The predicted octanol–water partition coefficient (Wildman–Crippen LogP) is 3.59. The summed E-state index contributed by atoms with van der Waals surface area (Å²) in [5, 5.41) is 0. The van der Waals surface area contributed by atoms with Crippen molar-refractivity contribution in [1.82, 2.24) is 14.9 Å². The molecule has 3 aromatic rings. The summed E-state index contributed by atoms with van der Waals surface area (Å²) in [5.41, 5.74) is 2.29. The molecule has 0 amide bonds. The quantitative estimate of drug-likeness (QED) is 0.669. The van der Waals surface area contributed by atoms with Gasteiger partial charge in [0.25, 0.3) is 6.01 Å². The molecule has 2 aliphatic heterocycles. The van der Waals surface area contributed by atoms with Crippen LogP contribution in [0.2, 0.25) is 0 Å². The van der Waals surface area contributed by atoms with Gasteiger partial charge in [-0.3, -0.25) is 9.88 Å². The molecule has 1 aromatic carbocycles. The van der Waals surface area contributed by atoms with Crippen molar-refractivity contribution in [3.05, 3.63) is 52.5 Å². The second-order valence-electron chi connectivity index (χ2n) is 6.70. The number of benzene rings is 1. The van der Waals surface area contributed by atoms with Gasteiger partial charge in [-0.15, -0.1) is 0 Å². The molecular formula is C18H16BrFN4O. The Morgan fingerprint density at radius 3 is 2.88 bits per heavy atom. The summed E-state index contributed by atoms with van der Waals surface area (Å²) >= 11 is 3.42. The number of hydrogen-bond donors (Lipinski definition) is 0. The van der Waals surface area contributed by atoms with E-state index < -0.39 is 0 Å². The normalized spacial score (nSPS) is 23.0. The van der Waals surface area contributed by atoms with Crippen molar-refractivity contribution >= 4 is 33.0 Å². The van der Waals surface area contributed by atoms with E-state index in [0.29, 0.717) is 29.2 Å². The maximum Gasteiger partial charge on any atom is 0.298 e. The van der Waals surface area contributed by atoms with E-state index in [0.717, 1.165) is 36.2 Å². The van der Waals surface area contributed by atoms with Gasteiger partial charge in [-0.2, -0.15) is 4.98 Å². The maximum absolute atomic E-state index is 13.3. The summed E-state index contributed by atoms with van der Waals surface area (Å²) in [7, 11) is 0. The van der Waals surface area contributed by atoms with E-state index in [4.69, 9.17) is 4.42 Å². The molecule has 4 heterocycles. The van der Waals surface area contributed by atoms with Crippen LogP contribution in [0.4, 0.5) is 10.4 Å². The Morgan fingerprint density at radius 1 is 1.20 bits per heavy atom. The number of halogens is 2. The number of nitrogens with zero attached hydrogens (tertiary/aromatic N) is 4. The molecule has 0 aliphatic carbocycles. The molecule has 0 N–H and O–H groups in total. The molecule has 128 valence electrons. The van der Waals surface area contributed by atoms with Crippen LogP contribution in [-0.2, 0) is 6.54 Å². The Bertz CT molecular complexity index is 928. The van der Waals surface area contributed by atoms with Gasteiger partial charge in [0.15, 0.2) is 5.58 Å². The first kappa shape index (κ1) is 15.3. The molecule has 5 rings (SSSR count). The smallest absolute Gasteiger partial charge is 0.298 e. The molecular weight excluding hydrogens is 387 g/mol. The van der Waals surface area contributed by atoms with E-state index in [1.165, 1.54) is 12.1 Å². The number of pyridine rings is 1. The lowest BCUT2D eigenvalue weighted by atomic mass is 10.2. The maximum atomic E-state index is 13.3. The third-order valence-electron chi connectivity index (χ3n) is 5.09. The van der Waals surface area contributed by atoms with E-state index in [2.05, 4.69) is 41.8 Å². The van der Waals surface area contributed by atoms with Gasteiger partial charge < -0.3 is 9.32 Å². The average molecular weight is 403 g/mol. The minimum atomic E-state index is -0.288. The Morgan fingerprint density at radius 2 is 2.12 bits per heavy atom. The van der Waals surface area contributed by atoms with Gasteiger partial charge in [0.2, 0.25) is 0 Å². The monoisotopic (exact) mass is 402 g/mol. The second-order valence-corrected chi connectivity index (χ2v) is 7.62. The highest BCUT2D eigenvalue weighted by atomic mass is 79.9. The lowest BCUT2D eigenvalue weighted by Crippen LogP contribution is -2.46. The van der Waals surface area contributed by atoms with Crippen molar-refractivity contribution < 1.29 is 8.81 Å². The topological polar surface area (TPSA) is 45.4 Å². The molecule has 2 bridgehead atoms. The highest BCUT2D eigenvalue weighted by molar-refractivity contribution is 9.10. The molecule has 7 heteroatoms. The summed E-state index contributed by atoms with van der Waals surface area (Å²) in [4.78, 5) is 13.6. The van der Waals surface area contributed by atoms with Crippen LogP contribution in [0, 0.1) is 5.82 Å². The minimum absolute atomic E-state index is 0.288. The molecule has 2 saturated heterocycles. The van der Waals surface area contributed by atoms with Crippen LogP contribution in [0.3, 0.4) is 0 Å². The van der Waals surface area contributed by atoms with Gasteiger partial charge in [-0.05, 0) is 46.6 Å². The van der Waals surface area contributed by atoms with Crippen molar-refractivity contribution in [1.29, 1.82) is 0 Å². The Kier molecular flexibility index (Phi) is 3.53. The molecule has 0 radical (unpaired) electrons. The molecule has 2 fully saturated rings. The number of fused-ring (bicyclic) bond motifs is 3. The fourth-order valence-electron chi connectivity index (χ4n) is 3.90. The van der Waals surface area contributed by atoms with Gasteiger partial charge in [-0.1, -0.05) is 0 Å². The molecule has 2 aromatic heterocycles. The van der Waals surface area contributed by atoms with Crippen LogP contribution < -0.4 is 4.90 Å². The van der Waals surface area contributed by atoms with E-state index in [1.807, 2.05) is 12.3 Å². The second kappa shape index (κ2) is 5.78. The zero-order chi connectivity index (χ0) is 17.0. The van der Waals surface area contributed by atoms with Gasteiger partial charge in [0.1, 0.15) is 11.3 Å². The standard InChI is InChI=1S/C18H16BrFN4O/c19-11-1-3-13(21-7-11)8-23-9-15-6-14(23)10-24(15)18-22-16-5-12(20)2-4-17(16)25-18/h1-5,7,14-15H,6,8-10H2. The largest absolute Gasteiger partial charge is 0.423 e. The van der Waals surface area contributed by atoms with Crippen molar-refractivity contribution in [3.8, 4) is 0 Å². The predicted molar refractivity (Wildman–Crippen MR) is 95.9 cm³/mol. The van der Waals surface area contributed by atoms with Gasteiger partial charge >= 0.3 is 0 Å². The van der Waals surface area contributed by atoms with Crippen LogP contribution in [0.5, 0.6) is 0 Å². The number of hydrogen-bond acceptors (Lipinski definition) is 5. The number of aromatic nitrogens is 2. The third-order valence-corrected chi connectivity index (χ3v) is 5.56. The van der Waals surface area contributed by atoms with Crippen molar-refractivity contribution in [2.45, 2.75) is 25.0 Å². The van der Waals surface area contributed by atoms with Crippen LogP contribution >= 0.6 is 15.9 Å². The highest BCUT2D eigenvalue weighted by Crippen LogP contribution is 2.36. The Hall–Kier alpha value is -1.99. The number of rotatable bonds is 3. The molecule has 0 saturated carbocycles. The third kappa shape index (κ3) is 2.71. The minimum Gasteiger partial charge on any atom is -0.423 e. The summed E-state index contributed by atoms with van der Waals surface area (Å²) < 4.78 is 20.2. The van der Waals surface area contributed by atoms with E-state index in [-0.39, 0.29) is 5.82 Å². The first-order valence-corrected chi connectivity index (χ1v) is 9.12. The Balaban J connectivity index is 1.32. The lowest BCUT2D eigenvalue weighted by molar-refractivity contribution is 0.225. The fraction of sp³-hybridized carbons (Fsp3) is 0.333. The van der Waals surface area contributed by atoms with Gasteiger partial charge in [-0.25, -0.2) is 4.39 Å². The van der Waals surface area contributed by atoms with E-state index >= 15 is 0 Å². The van der Waals surface area contributed by atoms with Crippen molar-refractivity contribution in [2.24, 2.45) is 0 Å². The fourth-order valence-corrected chi connectivity index (χ4v) is 4.13. The summed E-state index contributed by atoms with van der Waals surface area (Å²) in [6.45, 7) is 2.72. The number of piperazine rings is 1. The SMILES string of the molecule is Fc1ccc2oc(N3CC4CC3CN4Cc3ccc(Br)cn3)nc2c1. The summed E-state index contributed by atoms with van der Waals surface area (Å²) in [6.07, 6.45) is 2.94. The van der Waals surface area contributed by atoms with Crippen LogP contribution in [0.15, 0.2) is 45.4 Å². The first-order valence-electron chi connectivity index (χ1n) is 8.33. The van der Waals surface area contributed by atoms with Crippen molar-refractivity contribution in [2.75, 3.05) is 18.0 Å². The lowest BCUT2D eigenvalue weighted by Gasteiger charge is -2.33. The first-order chi connectivity index (χ1) is 12.2. The van der Waals surface area contributed by atoms with Crippen LogP contribution in [0.1, 0.15) is 12.1 Å². The highest BCUT2D eigenvalue weighted by Gasteiger charge is 2.44. The molecule has 5 nitrogen and oxygen atoms in total. The summed E-state index contributed by atoms with van der Waals surface area (Å²) in [6, 6.07) is 10.0. The van der Waals surface area contributed by atoms with Gasteiger partial charge in [0, 0.05) is 48.5 Å². The van der Waals surface area contributed by atoms with E-state index in [1.54, 1.807) is 6.07 Å². The molecule has 2 aliphatic rings. The summed E-state index contributed by atoms with van der Waals surface area (Å²) in [5.74, 6) is -0.288. The molecule has 0 spiro atoms. The molecule has 2 atom stereocenters. The zero-order valence-corrected chi connectivity index (χ0v) is 15.0.